The number of halogens is 4. The van der Waals surface area contributed by atoms with Gasteiger partial charge in [-0.1, -0.05) is 34.8 Å². The number of carbonyl (C=O) groups is 1. The number of fused-ring (bicyclic) bond motifs is 1. The number of rotatable bonds is 7. The summed E-state index contributed by atoms with van der Waals surface area (Å²) in [5.41, 5.74) is 7.06. The average molecular weight is 571 g/mol. The minimum absolute atomic E-state index is 0.0428. The Morgan fingerprint density at radius 1 is 1.14 bits per heavy atom. The summed E-state index contributed by atoms with van der Waals surface area (Å²) in [4.78, 5) is 25.3. The molecule has 1 amide bonds. The van der Waals surface area contributed by atoms with Crippen molar-refractivity contribution in [3.8, 4) is 0 Å². The SMILES string of the molecule is NC(=O)C[C@H]1CC[C@@H](n2c(Nc3c(Cl)cc(Cl)cc3Cl)nc3cnc(N[C@H]4CCOC[C@H]4F)nc32)CC1. The van der Waals surface area contributed by atoms with Crippen LogP contribution in [0.15, 0.2) is 18.3 Å². The van der Waals surface area contributed by atoms with Crippen molar-refractivity contribution in [3.05, 3.63) is 33.4 Å². The van der Waals surface area contributed by atoms with E-state index in [2.05, 4.69) is 15.6 Å². The van der Waals surface area contributed by atoms with Crippen LogP contribution < -0.4 is 16.4 Å². The molecule has 2 fully saturated rings. The number of nitrogens with two attached hydrogens (primary N) is 1. The zero-order chi connectivity index (χ0) is 26.1. The van der Waals surface area contributed by atoms with E-state index in [9.17, 15) is 9.18 Å². The smallest absolute Gasteiger partial charge is 0.225 e. The minimum atomic E-state index is -1.15. The van der Waals surface area contributed by atoms with Crippen molar-refractivity contribution >= 4 is 69.5 Å². The highest BCUT2D eigenvalue weighted by Crippen LogP contribution is 2.40. The number of benzene rings is 1. The molecule has 198 valence electrons. The van der Waals surface area contributed by atoms with Crippen molar-refractivity contribution in [1.29, 1.82) is 0 Å². The molecule has 0 bridgehead atoms. The van der Waals surface area contributed by atoms with Gasteiger partial charge in [-0.3, -0.25) is 9.36 Å². The van der Waals surface area contributed by atoms with Crippen molar-refractivity contribution in [1.82, 2.24) is 19.5 Å². The number of aromatic nitrogens is 4. The standard InChI is InChI=1S/C24H27Cl3FN7O2/c25-13-8-15(26)21(16(27)9-13)33-24-32-19-10-30-23(31-18-5-6-37-11-17(18)28)34-22(19)35(24)14-3-1-12(2-4-14)7-20(29)36/h8-10,12,14,17-18H,1-7,11H2,(H2,29,36)(H,32,33)(H,30,31,34)/t12-,14+,17-,18+/m1/s1. The summed E-state index contributed by atoms with van der Waals surface area (Å²) in [6.45, 7) is 0.520. The molecule has 37 heavy (non-hydrogen) atoms. The number of nitrogens with zero attached hydrogens (tertiary/aromatic N) is 4. The van der Waals surface area contributed by atoms with E-state index in [1.54, 1.807) is 18.3 Å². The Kier molecular flexibility index (Phi) is 7.90. The number of anilines is 3. The summed E-state index contributed by atoms with van der Waals surface area (Å²) < 4.78 is 21.6. The summed E-state index contributed by atoms with van der Waals surface area (Å²) in [7, 11) is 0. The molecule has 1 saturated carbocycles. The second-order valence-electron chi connectivity index (χ2n) is 9.55. The number of alkyl halides is 1. The van der Waals surface area contributed by atoms with Crippen molar-refractivity contribution in [2.75, 3.05) is 23.8 Å². The van der Waals surface area contributed by atoms with Gasteiger partial charge in [0.1, 0.15) is 11.7 Å². The molecule has 13 heteroatoms. The van der Waals surface area contributed by atoms with Gasteiger partial charge in [-0.25, -0.2) is 14.4 Å². The van der Waals surface area contributed by atoms with Crippen molar-refractivity contribution in [2.45, 2.75) is 56.8 Å². The molecule has 1 aliphatic carbocycles. The highest BCUT2D eigenvalue weighted by molar-refractivity contribution is 6.41. The van der Waals surface area contributed by atoms with E-state index in [0.717, 1.165) is 25.7 Å². The molecule has 4 N–H and O–H groups in total. The minimum Gasteiger partial charge on any atom is -0.378 e. The zero-order valence-corrected chi connectivity index (χ0v) is 22.2. The first kappa shape index (κ1) is 26.2. The van der Waals surface area contributed by atoms with Crippen molar-refractivity contribution < 1.29 is 13.9 Å². The highest BCUT2D eigenvalue weighted by atomic mass is 35.5. The fourth-order valence-corrected chi connectivity index (χ4v) is 6.00. The van der Waals surface area contributed by atoms with E-state index in [1.165, 1.54) is 0 Å². The monoisotopic (exact) mass is 569 g/mol. The van der Waals surface area contributed by atoms with E-state index in [4.69, 9.17) is 55.2 Å². The molecule has 1 aromatic carbocycles. The van der Waals surface area contributed by atoms with E-state index >= 15 is 0 Å². The third kappa shape index (κ3) is 5.87. The lowest BCUT2D eigenvalue weighted by atomic mass is 9.84. The van der Waals surface area contributed by atoms with Gasteiger partial charge in [0.15, 0.2) is 5.65 Å². The Labute approximate surface area is 228 Å². The lowest BCUT2D eigenvalue weighted by Gasteiger charge is -2.30. The maximum absolute atomic E-state index is 14.4. The number of carbonyl (C=O) groups excluding carboxylic acids is 1. The molecule has 0 unspecified atom stereocenters. The Bertz CT molecular complexity index is 1280. The fraction of sp³-hybridized carbons (Fsp3) is 0.500. The van der Waals surface area contributed by atoms with Gasteiger partial charge in [0.25, 0.3) is 0 Å². The summed E-state index contributed by atoms with van der Waals surface area (Å²) in [6.07, 6.45) is 4.66. The Balaban J connectivity index is 1.50. The van der Waals surface area contributed by atoms with Crippen LogP contribution in [0.25, 0.3) is 11.2 Å². The second-order valence-corrected chi connectivity index (χ2v) is 10.8. The summed E-state index contributed by atoms with van der Waals surface area (Å²) in [6, 6.07) is 2.81. The van der Waals surface area contributed by atoms with Crippen LogP contribution in [0.2, 0.25) is 15.1 Å². The molecule has 2 atom stereocenters. The lowest BCUT2D eigenvalue weighted by molar-refractivity contribution is -0.119. The summed E-state index contributed by atoms with van der Waals surface area (Å²) >= 11 is 19.0. The van der Waals surface area contributed by atoms with Crippen LogP contribution >= 0.6 is 34.8 Å². The van der Waals surface area contributed by atoms with Gasteiger partial charge in [0.05, 0.1) is 34.6 Å². The topological polar surface area (TPSA) is 120 Å². The van der Waals surface area contributed by atoms with Crippen LogP contribution in [0.3, 0.4) is 0 Å². The van der Waals surface area contributed by atoms with Gasteiger partial charge in [-0.15, -0.1) is 0 Å². The normalized spacial score (nSPS) is 24.2. The zero-order valence-electron chi connectivity index (χ0n) is 19.9. The molecule has 1 aliphatic heterocycles. The number of primary amides is 1. The number of ether oxygens (including phenoxy) is 1. The van der Waals surface area contributed by atoms with Crippen LogP contribution in [0, 0.1) is 5.92 Å². The Morgan fingerprint density at radius 3 is 2.54 bits per heavy atom. The molecular formula is C24H27Cl3FN7O2. The Morgan fingerprint density at radius 2 is 1.86 bits per heavy atom. The first-order valence-electron chi connectivity index (χ1n) is 12.2. The quantitative estimate of drug-likeness (QED) is 0.334. The maximum atomic E-state index is 14.4. The van der Waals surface area contributed by atoms with Gasteiger partial charge >= 0.3 is 0 Å². The largest absolute Gasteiger partial charge is 0.378 e. The lowest BCUT2D eigenvalue weighted by Crippen LogP contribution is -2.39. The van der Waals surface area contributed by atoms with Crippen LogP contribution in [-0.4, -0.2) is 50.9 Å². The van der Waals surface area contributed by atoms with Gasteiger partial charge in [-0.05, 0) is 50.2 Å². The molecule has 3 aromatic rings. The molecule has 0 radical (unpaired) electrons. The molecule has 3 heterocycles. The van der Waals surface area contributed by atoms with Crippen molar-refractivity contribution in [3.63, 3.8) is 0 Å². The van der Waals surface area contributed by atoms with E-state index in [1.807, 2.05) is 4.57 Å². The molecule has 0 spiro atoms. The first-order chi connectivity index (χ1) is 17.8. The van der Waals surface area contributed by atoms with Crippen LogP contribution in [-0.2, 0) is 9.53 Å². The highest BCUT2D eigenvalue weighted by Gasteiger charge is 2.29. The summed E-state index contributed by atoms with van der Waals surface area (Å²) in [5.74, 6) is 0.788. The molecule has 9 nitrogen and oxygen atoms in total. The third-order valence-corrected chi connectivity index (χ3v) is 7.76. The van der Waals surface area contributed by atoms with Gasteiger partial charge in [0, 0.05) is 24.1 Å². The fourth-order valence-electron chi connectivity index (χ4n) is 5.09. The van der Waals surface area contributed by atoms with Crippen LogP contribution in [0.4, 0.5) is 22.0 Å². The molecule has 5 rings (SSSR count). The van der Waals surface area contributed by atoms with Gasteiger partial charge in [-0.2, -0.15) is 4.98 Å². The Hall–Kier alpha value is -2.40. The van der Waals surface area contributed by atoms with Gasteiger partial charge in [0.2, 0.25) is 17.8 Å². The van der Waals surface area contributed by atoms with E-state index < -0.39 is 12.2 Å². The van der Waals surface area contributed by atoms with Crippen LogP contribution in [0.5, 0.6) is 0 Å². The number of hydrogen-bond acceptors (Lipinski definition) is 7. The van der Waals surface area contributed by atoms with Crippen molar-refractivity contribution in [2.24, 2.45) is 11.7 Å². The number of imidazole rings is 1. The summed E-state index contributed by atoms with van der Waals surface area (Å²) in [5, 5.41) is 7.50. The first-order valence-corrected chi connectivity index (χ1v) is 13.3. The second kappa shape index (κ2) is 11.1. The molecular weight excluding hydrogens is 544 g/mol. The van der Waals surface area contributed by atoms with E-state index in [-0.39, 0.29) is 24.5 Å². The molecule has 2 aromatic heterocycles. The average Bonchev–Trinajstić information content (AvgIpc) is 3.20. The third-order valence-electron chi connectivity index (χ3n) is 6.95. The van der Waals surface area contributed by atoms with Gasteiger partial charge < -0.3 is 21.1 Å². The number of amides is 1. The number of hydrogen-bond donors (Lipinski definition) is 3. The predicted octanol–water partition coefficient (Wildman–Crippen LogP) is 5.68. The predicted molar refractivity (Wildman–Crippen MR) is 143 cm³/mol. The maximum Gasteiger partial charge on any atom is 0.225 e. The van der Waals surface area contributed by atoms with E-state index in [0.29, 0.717) is 63.3 Å². The van der Waals surface area contributed by atoms with Crippen LogP contribution in [0.1, 0.15) is 44.6 Å². The number of nitrogens with one attached hydrogen (secondary N) is 2. The molecule has 1 saturated heterocycles. The molecule has 2 aliphatic rings.